The standard InChI is InChI=1S/C21H19N3O2S2/c1-12-6-5-7-13(2)20(12)23-17(25)10-16-21(26)24-19(28-16)11-18-22-14-8-3-4-9-15(14)27-18/h3-9,16H,10-11H2,1-2H3,(H,23,25)/t16-/m1/s1. The Bertz CT molecular complexity index is 1050. The summed E-state index contributed by atoms with van der Waals surface area (Å²) in [5, 5.41) is 4.14. The van der Waals surface area contributed by atoms with Crippen molar-refractivity contribution in [2.24, 2.45) is 4.99 Å². The minimum atomic E-state index is -0.464. The second-order valence-corrected chi connectivity index (χ2v) is 9.11. The Balaban J connectivity index is 1.38. The minimum absolute atomic E-state index is 0.115. The van der Waals surface area contributed by atoms with E-state index in [0.717, 1.165) is 37.1 Å². The molecule has 0 saturated carbocycles. The van der Waals surface area contributed by atoms with Crippen molar-refractivity contribution in [1.29, 1.82) is 0 Å². The van der Waals surface area contributed by atoms with Gasteiger partial charge in [0.05, 0.1) is 15.3 Å². The van der Waals surface area contributed by atoms with Crippen LogP contribution in [-0.2, 0) is 16.0 Å². The molecule has 0 spiro atoms. The molecule has 1 atom stereocenters. The fourth-order valence-electron chi connectivity index (χ4n) is 3.14. The fraction of sp³-hybridized carbons (Fsp3) is 0.238. The molecule has 5 nitrogen and oxygen atoms in total. The van der Waals surface area contributed by atoms with Gasteiger partial charge in [0, 0.05) is 18.5 Å². The number of nitrogens with zero attached hydrogens (tertiary/aromatic N) is 2. The van der Waals surface area contributed by atoms with Crippen LogP contribution in [0.5, 0.6) is 0 Å². The number of aliphatic imine (C=N–C) groups is 1. The summed E-state index contributed by atoms with van der Waals surface area (Å²) in [6.07, 6.45) is 0.648. The lowest BCUT2D eigenvalue weighted by Crippen LogP contribution is -2.22. The highest BCUT2D eigenvalue weighted by Crippen LogP contribution is 2.30. The molecule has 1 aliphatic rings. The van der Waals surface area contributed by atoms with Gasteiger partial charge in [0.2, 0.25) is 5.91 Å². The third-order valence-electron chi connectivity index (χ3n) is 4.55. The van der Waals surface area contributed by atoms with Gasteiger partial charge in [0.25, 0.3) is 5.91 Å². The van der Waals surface area contributed by atoms with E-state index in [1.807, 2.05) is 56.3 Å². The molecule has 0 bridgehead atoms. The Morgan fingerprint density at radius 1 is 1.11 bits per heavy atom. The summed E-state index contributed by atoms with van der Waals surface area (Å²) in [4.78, 5) is 33.5. The van der Waals surface area contributed by atoms with Gasteiger partial charge >= 0.3 is 0 Å². The maximum Gasteiger partial charge on any atom is 0.260 e. The first-order valence-corrected chi connectivity index (χ1v) is 10.7. The van der Waals surface area contributed by atoms with Gasteiger partial charge in [-0.3, -0.25) is 9.59 Å². The lowest BCUT2D eigenvalue weighted by Gasteiger charge is -2.12. The summed E-state index contributed by atoms with van der Waals surface area (Å²) in [6, 6.07) is 13.8. The average Bonchev–Trinajstić information content (AvgIpc) is 3.21. The molecular formula is C21H19N3O2S2. The van der Waals surface area contributed by atoms with Crippen molar-refractivity contribution in [3.8, 4) is 0 Å². The second-order valence-electron chi connectivity index (χ2n) is 6.72. The summed E-state index contributed by atoms with van der Waals surface area (Å²) < 4.78 is 1.12. The zero-order valence-corrected chi connectivity index (χ0v) is 17.2. The van der Waals surface area contributed by atoms with Crippen LogP contribution >= 0.6 is 23.1 Å². The number of aryl methyl sites for hydroxylation is 2. The molecule has 0 unspecified atom stereocenters. The minimum Gasteiger partial charge on any atom is -0.326 e. The van der Waals surface area contributed by atoms with Gasteiger partial charge in [-0.2, -0.15) is 0 Å². The number of nitrogens with one attached hydrogen (secondary N) is 1. The molecule has 0 aliphatic carbocycles. The van der Waals surface area contributed by atoms with Gasteiger partial charge in [-0.1, -0.05) is 42.1 Å². The van der Waals surface area contributed by atoms with E-state index in [9.17, 15) is 9.59 Å². The van der Waals surface area contributed by atoms with E-state index >= 15 is 0 Å². The Labute approximate surface area is 171 Å². The second kappa shape index (κ2) is 7.85. The molecule has 1 N–H and O–H groups in total. The van der Waals surface area contributed by atoms with Crippen molar-refractivity contribution >= 4 is 55.9 Å². The zero-order valence-electron chi connectivity index (χ0n) is 15.6. The number of rotatable bonds is 5. The van der Waals surface area contributed by atoms with E-state index in [4.69, 9.17) is 0 Å². The lowest BCUT2D eigenvalue weighted by molar-refractivity contribution is -0.121. The number of carbonyl (C=O) groups excluding carboxylic acids is 2. The summed E-state index contributed by atoms with van der Waals surface area (Å²) in [5.41, 5.74) is 3.79. The van der Waals surface area contributed by atoms with Gasteiger partial charge < -0.3 is 5.32 Å². The normalized spacial score (nSPS) is 16.4. The molecule has 3 aromatic rings. The zero-order chi connectivity index (χ0) is 19.7. The molecule has 1 aromatic heterocycles. The summed E-state index contributed by atoms with van der Waals surface area (Å²) in [6.45, 7) is 3.91. The van der Waals surface area contributed by atoms with Crippen molar-refractivity contribution in [3.05, 3.63) is 58.6 Å². The Hall–Kier alpha value is -2.51. The number of benzene rings is 2. The fourth-order valence-corrected chi connectivity index (χ4v) is 5.28. The van der Waals surface area contributed by atoms with E-state index in [2.05, 4.69) is 15.3 Å². The largest absolute Gasteiger partial charge is 0.326 e. The molecule has 0 radical (unpaired) electrons. The number of thiazole rings is 1. The highest BCUT2D eigenvalue weighted by molar-refractivity contribution is 8.15. The molecule has 2 aromatic carbocycles. The van der Waals surface area contributed by atoms with Crippen molar-refractivity contribution in [2.45, 2.75) is 31.9 Å². The summed E-state index contributed by atoms with van der Waals surface area (Å²) in [7, 11) is 0. The Kier molecular flexibility index (Phi) is 5.28. The highest BCUT2D eigenvalue weighted by Gasteiger charge is 2.31. The van der Waals surface area contributed by atoms with Crippen molar-refractivity contribution in [3.63, 3.8) is 0 Å². The number of para-hydroxylation sites is 2. The van der Waals surface area contributed by atoms with Crippen LogP contribution in [0.15, 0.2) is 47.5 Å². The first kappa shape index (κ1) is 18.8. The average molecular weight is 410 g/mol. The van der Waals surface area contributed by atoms with Gasteiger partial charge in [-0.15, -0.1) is 11.3 Å². The van der Waals surface area contributed by atoms with E-state index in [1.165, 1.54) is 11.8 Å². The van der Waals surface area contributed by atoms with Crippen LogP contribution < -0.4 is 5.32 Å². The van der Waals surface area contributed by atoms with E-state index in [-0.39, 0.29) is 18.2 Å². The molecule has 0 fully saturated rings. The number of thioether (sulfide) groups is 1. The van der Waals surface area contributed by atoms with E-state index < -0.39 is 5.25 Å². The number of amides is 2. The van der Waals surface area contributed by atoms with Crippen LogP contribution in [0, 0.1) is 13.8 Å². The molecule has 7 heteroatoms. The number of aromatic nitrogens is 1. The molecule has 142 valence electrons. The van der Waals surface area contributed by atoms with Crippen molar-refractivity contribution in [2.75, 3.05) is 5.32 Å². The van der Waals surface area contributed by atoms with Crippen LogP contribution in [0.1, 0.15) is 22.6 Å². The third kappa shape index (κ3) is 4.00. The number of carbonyl (C=O) groups is 2. The van der Waals surface area contributed by atoms with Crippen LogP contribution in [0.3, 0.4) is 0 Å². The topological polar surface area (TPSA) is 71.4 Å². The molecule has 4 rings (SSSR count). The maximum atomic E-state index is 12.5. The van der Waals surface area contributed by atoms with E-state index in [0.29, 0.717) is 6.42 Å². The number of hydrogen-bond donors (Lipinski definition) is 1. The quantitative estimate of drug-likeness (QED) is 0.672. The van der Waals surface area contributed by atoms with Crippen LogP contribution in [-0.4, -0.2) is 27.1 Å². The first-order chi connectivity index (χ1) is 13.5. The van der Waals surface area contributed by atoms with Crippen LogP contribution in [0.25, 0.3) is 10.2 Å². The van der Waals surface area contributed by atoms with Gasteiger partial charge in [0.1, 0.15) is 10.3 Å². The van der Waals surface area contributed by atoms with E-state index in [1.54, 1.807) is 11.3 Å². The number of anilines is 1. The smallest absolute Gasteiger partial charge is 0.260 e. The Morgan fingerprint density at radius 2 is 1.86 bits per heavy atom. The SMILES string of the molecule is Cc1cccc(C)c1NC(=O)C[C@H]1SC(Cc2nc3ccccc3s2)=NC1=O. The molecule has 28 heavy (non-hydrogen) atoms. The number of hydrogen-bond acceptors (Lipinski definition) is 5. The van der Waals surface area contributed by atoms with Crippen molar-refractivity contribution < 1.29 is 9.59 Å². The molecule has 2 amide bonds. The van der Waals surface area contributed by atoms with Gasteiger partial charge in [-0.25, -0.2) is 9.98 Å². The lowest BCUT2D eigenvalue weighted by atomic mass is 10.1. The molecular weight excluding hydrogens is 390 g/mol. The molecule has 2 heterocycles. The number of fused-ring (bicyclic) bond motifs is 1. The highest BCUT2D eigenvalue weighted by atomic mass is 32.2. The van der Waals surface area contributed by atoms with Crippen LogP contribution in [0.2, 0.25) is 0 Å². The monoisotopic (exact) mass is 409 g/mol. The summed E-state index contributed by atoms with van der Waals surface area (Å²) in [5.74, 6) is -0.405. The predicted molar refractivity (Wildman–Crippen MR) is 116 cm³/mol. The predicted octanol–water partition coefficient (Wildman–Crippen LogP) is 4.52. The van der Waals surface area contributed by atoms with Gasteiger partial charge in [0.15, 0.2) is 0 Å². The molecule has 0 saturated heterocycles. The third-order valence-corrected chi connectivity index (χ3v) is 6.74. The Morgan fingerprint density at radius 3 is 2.61 bits per heavy atom. The molecule has 1 aliphatic heterocycles. The first-order valence-electron chi connectivity index (χ1n) is 8.98. The van der Waals surface area contributed by atoms with Crippen molar-refractivity contribution in [1.82, 2.24) is 4.98 Å². The maximum absolute atomic E-state index is 12.5. The summed E-state index contributed by atoms with van der Waals surface area (Å²) >= 11 is 2.99. The van der Waals surface area contributed by atoms with Gasteiger partial charge in [-0.05, 0) is 37.1 Å². The van der Waals surface area contributed by atoms with Crippen LogP contribution in [0.4, 0.5) is 5.69 Å².